The molecule has 2 rings (SSSR count). The number of rotatable bonds is 8. The summed E-state index contributed by atoms with van der Waals surface area (Å²) in [7, 11) is 3.10. The van der Waals surface area contributed by atoms with Crippen LogP contribution >= 0.6 is 0 Å². The molecule has 0 radical (unpaired) electrons. The van der Waals surface area contributed by atoms with Gasteiger partial charge in [-0.25, -0.2) is 0 Å². The van der Waals surface area contributed by atoms with Crippen molar-refractivity contribution in [1.29, 1.82) is 0 Å². The van der Waals surface area contributed by atoms with Gasteiger partial charge in [0.25, 0.3) is 0 Å². The molecule has 0 heterocycles. The van der Waals surface area contributed by atoms with Crippen molar-refractivity contribution in [3.05, 3.63) is 48.0 Å². The van der Waals surface area contributed by atoms with Crippen molar-refractivity contribution in [3.63, 3.8) is 0 Å². The van der Waals surface area contributed by atoms with Gasteiger partial charge in [-0.2, -0.15) is 0 Å². The Hall–Kier alpha value is -3.02. The molecular formula is C21H26N2O4. The zero-order chi connectivity index (χ0) is 19.8. The van der Waals surface area contributed by atoms with Crippen LogP contribution in [0.4, 0.5) is 11.4 Å². The minimum atomic E-state index is -0.199. The second-order valence-corrected chi connectivity index (χ2v) is 6.06. The van der Waals surface area contributed by atoms with Gasteiger partial charge in [0.05, 0.1) is 19.9 Å². The van der Waals surface area contributed by atoms with E-state index in [1.54, 1.807) is 30.2 Å². The summed E-state index contributed by atoms with van der Waals surface area (Å²) < 4.78 is 10.4. The van der Waals surface area contributed by atoms with Gasteiger partial charge >= 0.3 is 0 Å². The predicted octanol–water partition coefficient (Wildman–Crippen LogP) is 3.65. The molecule has 0 aliphatic heterocycles. The molecule has 1 N–H and O–H groups in total. The van der Waals surface area contributed by atoms with Gasteiger partial charge in [0, 0.05) is 31.6 Å². The second-order valence-electron chi connectivity index (χ2n) is 6.06. The summed E-state index contributed by atoms with van der Waals surface area (Å²) in [6.45, 7) is 3.87. The number of hydrogen-bond donors (Lipinski definition) is 1. The third-order valence-corrected chi connectivity index (χ3v) is 4.28. The first-order valence-electron chi connectivity index (χ1n) is 8.87. The van der Waals surface area contributed by atoms with Gasteiger partial charge in [0.1, 0.15) is 11.5 Å². The Morgan fingerprint density at radius 3 is 2.30 bits per heavy atom. The average Bonchev–Trinajstić information content (AvgIpc) is 2.68. The number of carbonyl (C=O) groups is 2. The zero-order valence-electron chi connectivity index (χ0n) is 16.2. The number of aryl methyl sites for hydroxylation is 1. The number of anilines is 2. The fourth-order valence-electron chi connectivity index (χ4n) is 2.71. The smallest absolute Gasteiger partial charge is 0.226 e. The standard InChI is InChI=1S/C21H26N2O4/c1-5-16-6-8-17(9-7-16)23(15(2)24)13-12-21(25)22-19-11-10-18(26-3)14-20(19)27-4/h6-11,14H,5,12-13H2,1-4H3,(H,22,25). The number of methoxy groups -OCH3 is 2. The van der Waals surface area contributed by atoms with Crippen LogP contribution in [-0.2, 0) is 16.0 Å². The number of benzene rings is 2. The summed E-state index contributed by atoms with van der Waals surface area (Å²) in [5, 5.41) is 2.82. The molecule has 0 spiro atoms. The highest BCUT2D eigenvalue weighted by Gasteiger charge is 2.15. The molecule has 0 aliphatic carbocycles. The van der Waals surface area contributed by atoms with Crippen LogP contribution in [0, 0.1) is 0 Å². The molecule has 0 aromatic heterocycles. The molecule has 0 bridgehead atoms. The van der Waals surface area contributed by atoms with Crippen molar-refractivity contribution in [2.45, 2.75) is 26.7 Å². The lowest BCUT2D eigenvalue weighted by Gasteiger charge is -2.21. The highest BCUT2D eigenvalue weighted by molar-refractivity contribution is 5.95. The summed E-state index contributed by atoms with van der Waals surface area (Å²) in [5.74, 6) is 0.855. The molecule has 2 aromatic carbocycles. The third kappa shape index (κ3) is 5.48. The van der Waals surface area contributed by atoms with Crippen molar-refractivity contribution < 1.29 is 19.1 Å². The number of amides is 2. The van der Waals surface area contributed by atoms with E-state index in [2.05, 4.69) is 12.2 Å². The molecule has 2 aromatic rings. The summed E-state index contributed by atoms with van der Waals surface area (Å²) in [6, 6.07) is 13.0. The van der Waals surface area contributed by atoms with E-state index in [0.717, 1.165) is 12.1 Å². The van der Waals surface area contributed by atoms with Crippen molar-refractivity contribution >= 4 is 23.2 Å². The van der Waals surface area contributed by atoms with Gasteiger partial charge < -0.3 is 19.7 Å². The summed E-state index contributed by atoms with van der Waals surface area (Å²) >= 11 is 0. The lowest BCUT2D eigenvalue weighted by molar-refractivity contribution is -0.117. The molecule has 0 unspecified atom stereocenters. The van der Waals surface area contributed by atoms with Crippen LogP contribution in [0.5, 0.6) is 11.5 Å². The lowest BCUT2D eigenvalue weighted by Crippen LogP contribution is -2.32. The minimum absolute atomic E-state index is 0.103. The van der Waals surface area contributed by atoms with E-state index < -0.39 is 0 Å². The Morgan fingerprint density at radius 1 is 1.04 bits per heavy atom. The third-order valence-electron chi connectivity index (χ3n) is 4.28. The summed E-state index contributed by atoms with van der Waals surface area (Å²) in [6.07, 6.45) is 1.11. The van der Waals surface area contributed by atoms with Crippen LogP contribution in [0.1, 0.15) is 25.8 Å². The topological polar surface area (TPSA) is 67.9 Å². The van der Waals surface area contributed by atoms with Crippen LogP contribution < -0.4 is 19.7 Å². The summed E-state index contributed by atoms with van der Waals surface area (Å²) in [5.41, 5.74) is 2.55. The fraction of sp³-hybridized carbons (Fsp3) is 0.333. The average molecular weight is 370 g/mol. The molecule has 0 atom stereocenters. The normalized spacial score (nSPS) is 10.2. The van der Waals surface area contributed by atoms with Crippen molar-refractivity contribution in [3.8, 4) is 11.5 Å². The maximum Gasteiger partial charge on any atom is 0.226 e. The predicted molar refractivity (Wildman–Crippen MR) is 107 cm³/mol. The van der Waals surface area contributed by atoms with E-state index in [1.807, 2.05) is 24.3 Å². The quantitative estimate of drug-likeness (QED) is 0.770. The van der Waals surface area contributed by atoms with E-state index in [9.17, 15) is 9.59 Å². The van der Waals surface area contributed by atoms with Crippen molar-refractivity contribution in [1.82, 2.24) is 0 Å². The van der Waals surface area contributed by atoms with Crippen LogP contribution in [0.2, 0.25) is 0 Å². The molecule has 2 amide bonds. The Morgan fingerprint density at radius 2 is 1.74 bits per heavy atom. The molecule has 144 valence electrons. The largest absolute Gasteiger partial charge is 0.497 e. The van der Waals surface area contributed by atoms with Gasteiger partial charge in [0.2, 0.25) is 11.8 Å². The molecule has 6 heteroatoms. The zero-order valence-corrected chi connectivity index (χ0v) is 16.2. The number of carbonyl (C=O) groups excluding carboxylic acids is 2. The van der Waals surface area contributed by atoms with Crippen molar-refractivity contribution in [2.75, 3.05) is 31.0 Å². The van der Waals surface area contributed by atoms with Crippen LogP contribution in [0.3, 0.4) is 0 Å². The van der Waals surface area contributed by atoms with E-state index >= 15 is 0 Å². The molecule has 0 fully saturated rings. The first-order valence-corrected chi connectivity index (χ1v) is 8.87. The van der Waals surface area contributed by atoms with E-state index in [4.69, 9.17) is 9.47 Å². The Kier molecular flexibility index (Phi) is 7.23. The summed E-state index contributed by atoms with van der Waals surface area (Å²) in [4.78, 5) is 26.0. The number of nitrogens with zero attached hydrogens (tertiary/aromatic N) is 1. The number of nitrogens with one attached hydrogen (secondary N) is 1. The van der Waals surface area contributed by atoms with Crippen LogP contribution in [-0.4, -0.2) is 32.6 Å². The Labute approximate surface area is 160 Å². The van der Waals surface area contributed by atoms with Gasteiger partial charge in [0.15, 0.2) is 0 Å². The van der Waals surface area contributed by atoms with E-state index in [1.165, 1.54) is 19.6 Å². The fourth-order valence-corrected chi connectivity index (χ4v) is 2.71. The number of hydrogen-bond acceptors (Lipinski definition) is 4. The first-order chi connectivity index (χ1) is 13.0. The molecule has 27 heavy (non-hydrogen) atoms. The maximum atomic E-state index is 12.4. The second kappa shape index (κ2) is 9.62. The highest BCUT2D eigenvalue weighted by Crippen LogP contribution is 2.29. The molecule has 0 aliphatic rings. The number of ether oxygens (including phenoxy) is 2. The molecule has 6 nitrogen and oxygen atoms in total. The van der Waals surface area contributed by atoms with Gasteiger partial charge in [-0.3, -0.25) is 9.59 Å². The van der Waals surface area contributed by atoms with Gasteiger partial charge in [-0.05, 0) is 36.2 Å². The molecule has 0 saturated heterocycles. The highest BCUT2D eigenvalue weighted by atomic mass is 16.5. The van der Waals surface area contributed by atoms with Crippen molar-refractivity contribution in [2.24, 2.45) is 0 Å². The Bertz CT molecular complexity index is 787. The van der Waals surface area contributed by atoms with E-state index in [-0.39, 0.29) is 18.2 Å². The van der Waals surface area contributed by atoms with Gasteiger partial charge in [-0.1, -0.05) is 19.1 Å². The minimum Gasteiger partial charge on any atom is -0.497 e. The SMILES string of the molecule is CCc1ccc(N(CCC(=O)Nc2ccc(OC)cc2OC)C(C)=O)cc1. The van der Waals surface area contributed by atoms with Crippen LogP contribution in [0.15, 0.2) is 42.5 Å². The van der Waals surface area contributed by atoms with E-state index in [0.29, 0.717) is 23.7 Å². The van der Waals surface area contributed by atoms with Gasteiger partial charge in [-0.15, -0.1) is 0 Å². The van der Waals surface area contributed by atoms with Crippen LogP contribution in [0.25, 0.3) is 0 Å². The maximum absolute atomic E-state index is 12.4. The first kappa shape index (κ1) is 20.3. The monoisotopic (exact) mass is 370 g/mol. The lowest BCUT2D eigenvalue weighted by atomic mass is 10.1. The Balaban J connectivity index is 2.02. The molecule has 0 saturated carbocycles. The molecular weight excluding hydrogens is 344 g/mol.